The lowest BCUT2D eigenvalue weighted by molar-refractivity contribution is 0.414. The molecule has 2 aromatic heterocycles. The average Bonchev–Trinajstić information content (AvgIpc) is 2.84. The van der Waals surface area contributed by atoms with Crippen LogP contribution in [0, 0.1) is 0 Å². The van der Waals surface area contributed by atoms with Crippen molar-refractivity contribution >= 4 is 22.8 Å². The number of fused-ring (bicyclic) bond motifs is 1. The van der Waals surface area contributed by atoms with Gasteiger partial charge in [-0.05, 0) is 17.7 Å². The lowest BCUT2D eigenvalue weighted by Crippen LogP contribution is -2.29. The second-order valence-electron chi connectivity index (χ2n) is 5.22. The maximum atomic E-state index is 12.0. The molecule has 0 radical (unpaired) electrons. The molecule has 0 bridgehead atoms. The van der Waals surface area contributed by atoms with Gasteiger partial charge in [-0.25, -0.2) is 9.78 Å². The zero-order valence-electron chi connectivity index (χ0n) is 12.9. The van der Waals surface area contributed by atoms with Crippen molar-refractivity contribution < 1.29 is 4.74 Å². The summed E-state index contributed by atoms with van der Waals surface area (Å²) in [7, 11) is 4.87. The molecule has 2 heterocycles. The highest BCUT2D eigenvalue weighted by atomic mass is 35.5. The number of imidazole rings is 1. The highest BCUT2D eigenvalue weighted by Crippen LogP contribution is 2.26. The Bertz CT molecular complexity index is 1020. The molecule has 0 saturated carbocycles. The number of H-pyrrole nitrogens is 1. The minimum atomic E-state index is -0.486. The monoisotopic (exact) mass is 334 g/mol. The zero-order valence-corrected chi connectivity index (χ0v) is 13.6. The van der Waals surface area contributed by atoms with Gasteiger partial charge in [0.25, 0.3) is 5.56 Å². The number of methoxy groups -OCH3 is 1. The van der Waals surface area contributed by atoms with Gasteiger partial charge in [0, 0.05) is 20.5 Å². The number of hydrogen-bond acceptors (Lipinski definition) is 4. The van der Waals surface area contributed by atoms with E-state index in [1.807, 2.05) is 12.1 Å². The fraction of sp³-hybridized carbons (Fsp3) is 0.267. The molecule has 0 spiro atoms. The lowest BCUT2D eigenvalue weighted by atomic mass is 10.1. The first kappa shape index (κ1) is 15.4. The maximum Gasteiger partial charge on any atom is 0.329 e. The number of hydrogen-bond donors (Lipinski definition) is 1. The van der Waals surface area contributed by atoms with Crippen LogP contribution in [0.15, 0.2) is 27.8 Å². The van der Waals surface area contributed by atoms with Crippen LogP contribution in [0.3, 0.4) is 0 Å². The quantitative estimate of drug-likeness (QED) is 0.780. The summed E-state index contributed by atoms with van der Waals surface area (Å²) >= 11 is 6.02. The number of halogens is 1. The van der Waals surface area contributed by atoms with Crippen LogP contribution in [0.1, 0.15) is 11.4 Å². The molecule has 0 amide bonds. The Balaban J connectivity index is 2.13. The third kappa shape index (κ3) is 2.53. The molecule has 1 aromatic carbocycles. The Hall–Kier alpha value is -2.54. The lowest BCUT2D eigenvalue weighted by Gasteiger charge is -2.06. The second-order valence-corrected chi connectivity index (χ2v) is 5.63. The molecule has 3 aromatic rings. The van der Waals surface area contributed by atoms with Gasteiger partial charge >= 0.3 is 5.69 Å². The number of benzene rings is 1. The summed E-state index contributed by atoms with van der Waals surface area (Å²) in [4.78, 5) is 30.4. The molecule has 0 aliphatic rings. The summed E-state index contributed by atoms with van der Waals surface area (Å²) in [5, 5.41) is 0.528. The van der Waals surface area contributed by atoms with E-state index in [1.54, 1.807) is 31.8 Å². The van der Waals surface area contributed by atoms with Crippen LogP contribution in [0.5, 0.6) is 5.75 Å². The largest absolute Gasteiger partial charge is 0.495 e. The van der Waals surface area contributed by atoms with E-state index >= 15 is 0 Å². The summed E-state index contributed by atoms with van der Waals surface area (Å²) in [6.07, 6.45) is 0.479. The molecule has 120 valence electrons. The first-order chi connectivity index (χ1) is 10.9. The molecule has 0 fully saturated rings. The van der Waals surface area contributed by atoms with Crippen LogP contribution in [-0.2, 0) is 20.5 Å². The van der Waals surface area contributed by atoms with E-state index in [0.717, 1.165) is 5.56 Å². The van der Waals surface area contributed by atoms with Crippen LogP contribution >= 0.6 is 11.6 Å². The molecule has 7 nitrogen and oxygen atoms in total. The van der Waals surface area contributed by atoms with Gasteiger partial charge in [0.05, 0.1) is 12.1 Å². The van der Waals surface area contributed by atoms with Gasteiger partial charge in [0.2, 0.25) is 0 Å². The van der Waals surface area contributed by atoms with Crippen molar-refractivity contribution in [2.75, 3.05) is 7.11 Å². The van der Waals surface area contributed by atoms with Crippen molar-refractivity contribution in [3.05, 3.63) is 55.4 Å². The van der Waals surface area contributed by atoms with Gasteiger partial charge < -0.3 is 9.30 Å². The van der Waals surface area contributed by atoms with Crippen LogP contribution < -0.4 is 16.0 Å². The first-order valence-corrected chi connectivity index (χ1v) is 7.27. The molecule has 1 N–H and O–H groups in total. The Morgan fingerprint density at radius 1 is 1.26 bits per heavy atom. The van der Waals surface area contributed by atoms with Crippen molar-refractivity contribution in [3.63, 3.8) is 0 Å². The van der Waals surface area contributed by atoms with Crippen molar-refractivity contribution in [2.45, 2.75) is 6.42 Å². The minimum absolute atomic E-state index is 0.358. The van der Waals surface area contributed by atoms with Crippen LogP contribution in [0.4, 0.5) is 0 Å². The summed E-state index contributed by atoms with van der Waals surface area (Å²) in [6.45, 7) is 0. The van der Waals surface area contributed by atoms with Gasteiger partial charge in [-0.15, -0.1) is 0 Å². The van der Waals surface area contributed by atoms with Crippen LogP contribution in [-0.4, -0.2) is 26.2 Å². The van der Waals surface area contributed by atoms with Gasteiger partial charge in [0.15, 0.2) is 11.2 Å². The highest BCUT2D eigenvalue weighted by molar-refractivity contribution is 6.32. The van der Waals surface area contributed by atoms with Crippen molar-refractivity contribution in [1.82, 2.24) is 19.1 Å². The van der Waals surface area contributed by atoms with Crippen molar-refractivity contribution in [2.24, 2.45) is 14.1 Å². The predicted molar refractivity (Wildman–Crippen MR) is 87.4 cm³/mol. The van der Waals surface area contributed by atoms with Gasteiger partial charge in [-0.3, -0.25) is 14.3 Å². The SMILES string of the molecule is COc1cc(Cc2nc3c(c(=O)[nH]c(=O)n3C)n2C)ccc1Cl. The Labute approximate surface area is 136 Å². The number of nitrogens with zero attached hydrogens (tertiary/aromatic N) is 3. The third-order valence-electron chi connectivity index (χ3n) is 3.80. The summed E-state index contributed by atoms with van der Waals surface area (Å²) in [6, 6.07) is 5.44. The average molecular weight is 335 g/mol. The molecular formula is C15H15ClN4O3. The Kier molecular flexibility index (Phi) is 3.73. The molecule has 3 rings (SSSR count). The number of aryl methyl sites for hydroxylation is 2. The smallest absolute Gasteiger partial charge is 0.329 e. The van der Waals surface area contributed by atoms with Crippen LogP contribution in [0.25, 0.3) is 11.2 Å². The van der Waals surface area contributed by atoms with E-state index in [1.165, 1.54) is 4.57 Å². The number of aromatic amines is 1. The summed E-state index contributed by atoms with van der Waals surface area (Å²) in [5.41, 5.74) is 0.727. The zero-order chi connectivity index (χ0) is 16.7. The van der Waals surface area contributed by atoms with Gasteiger partial charge in [-0.1, -0.05) is 17.7 Å². The summed E-state index contributed by atoms with van der Waals surface area (Å²) < 4.78 is 8.22. The minimum Gasteiger partial charge on any atom is -0.495 e. The molecule has 8 heteroatoms. The maximum absolute atomic E-state index is 12.0. The highest BCUT2D eigenvalue weighted by Gasteiger charge is 2.15. The topological polar surface area (TPSA) is 81.9 Å². The number of nitrogens with one attached hydrogen (secondary N) is 1. The second kappa shape index (κ2) is 5.58. The third-order valence-corrected chi connectivity index (χ3v) is 4.12. The van der Waals surface area contributed by atoms with E-state index in [0.29, 0.717) is 34.2 Å². The van der Waals surface area contributed by atoms with E-state index < -0.39 is 11.2 Å². The Morgan fingerprint density at radius 3 is 2.70 bits per heavy atom. The van der Waals surface area contributed by atoms with Crippen molar-refractivity contribution in [1.29, 1.82) is 0 Å². The number of ether oxygens (including phenoxy) is 1. The van der Waals surface area contributed by atoms with E-state index in [2.05, 4.69) is 9.97 Å². The van der Waals surface area contributed by atoms with Crippen molar-refractivity contribution in [3.8, 4) is 5.75 Å². The normalized spacial score (nSPS) is 11.1. The van der Waals surface area contributed by atoms with Crippen LogP contribution in [0.2, 0.25) is 5.02 Å². The molecule has 0 unspecified atom stereocenters. The first-order valence-electron chi connectivity index (χ1n) is 6.89. The van der Waals surface area contributed by atoms with Gasteiger partial charge in [0.1, 0.15) is 11.6 Å². The van der Waals surface area contributed by atoms with E-state index in [-0.39, 0.29) is 0 Å². The fourth-order valence-corrected chi connectivity index (χ4v) is 2.70. The molecule has 23 heavy (non-hydrogen) atoms. The molecule has 0 saturated heterocycles. The standard InChI is InChI=1S/C15H15ClN4O3/c1-19-11(7-8-4-5-9(16)10(6-8)23-3)17-13-12(19)14(21)18-15(22)20(13)2/h4-6H,7H2,1-3H3,(H,18,21,22). The van der Waals surface area contributed by atoms with Gasteiger partial charge in [-0.2, -0.15) is 0 Å². The number of rotatable bonds is 3. The predicted octanol–water partition coefficient (Wildman–Crippen LogP) is 1.21. The molecule has 0 aliphatic carbocycles. The Morgan fingerprint density at radius 2 is 2.00 bits per heavy atom. The number of aromatic nitrogens is 4. The molecule has 0 atom stereocenters. The van der Waals surface area contributed by atoms with E-state index in [9.17, 15) is 9.59 Å². The summed E-state index contributed by atoms with van der Waals surface area (Å²) in [5.74, 6) is 1.24. The fourth-order valence-electron chi connectivity index (χ4n) is 2.51. The molecule has 0 aliphatic heterocycles. The van der Waals surface area contributed by atoms with E-state index in [4.69, 9.17) is 16.3 Å². The molecular weight excluding hydrogens is 320 g/mol.